The molecule has 30 heavy (non-hydrogen) atoms. The molecule has 1 saturated heterocycles. The minimum absolute atomic E-state index is 0.0476. The molecule has 0 radical (unpaired) electrons. The van der Waals surface area contributed by atoms with Crippen LogP contribution in [0.25, 0.3) is 0 Å². The van der Waals surface area contributed by atoms with Gasteiger partial charge in [0.1, 0.15) is 0 Å². The Morgan fingerprint density at radius 3 is 2.73 bits per heavy atom. The van der Waals surface area contributed by atoms with Crippen molar-refractivity contribution in [3.63, 3.8) is 0 Å². The zero-order chi connectivity index (χ0) is 21.3. The molecule has 0 aliphatic carbocycles. The molecule has 2 aliphatic heterocycles. The molecular formula is C22H35N3O5. The van der Waals surface area contributed by atoms with Crippen LogP contribution in [0.3, 0.4) is 0 Å². The lowest BCUT2D eigenvalue weighted by molar-refractivity contribution is -0.153. The van der Waals surface area contributed by atoms with Gasteiger partial charge in [-0.15, -0.1) is 0 Å². The molecule has 1 atom stereocenters. The molecule has 0 unspecified atom stereocenters. The third-order valence-electron chi connectivity index (χ3n) is 5.69. The van der Waals surface area contributed by atoms with Gasteiger partial charge >= 0.3 is 5.97 Å². The second-order valence-electron chi connectivity index (χ2n) is 8.25. The normalized spacial score (nSPS) is 20.0. The Balaban J connectivity index is 1.67. The number of nitrogens with zero attached hydrogens (tertiary/aromatic N) is 2. The van der Waals surface area contributed by atoms with E-state index in [2.05, 4.69) is 5.32 Å². The highest BCUT2D eigenvalue weighted by atomic mass is 16.5. The van der Waals surface area contributed by atoms with E-state index < -0.39 is 0 Å². The molecule has 168 valence electrons. The molecule has 1 fully saturated rings. The van der Waals surface area contributed by atoms with Crippen LogP contribution >= 0.6 is 0 Å². The number of hydrogen-bond donors (Lipinski definition) is 1. The fourth-order valence-electron chi connectivity index (χ4n) is 4.00. The van der Waals surface area contributed by atoms with Crippen molar-refractivity contribution in [1.82, 2.24) is 15.1 Å². The van der Waals surface area contributed by atoms with Crippen molar-refractivity contribution < 1.29 is 23.8 Å². The maximum Gasteiger partial charge on any atom is 0.309 e. The first-order chi connectivity index (χ1) is 14.6. The highest BCUT2D eigenvalue weighted by Crippen LogP contribution is 2.21. The van der Waals surface area contributed by atoms with Crippen LogP contribution in [0.2, 0.25) is 0 Å². The van der Waals surface area contributed by atoms with Crippen molar-refractivity contribution in [2.24, 2.45) is 11.8 Å². The number of amides is 1. The van der Waals surface area contributed by atoms with E-state index in [0.717, 1.165) is 43.5 Å². The average molecular weight is 422 g/mol. The lowest BCUT2D eigenvalue weighted by atomic mass is 10.0. The SMILES string of the molecule is CCc1nn(C[C@@H](C)COC(=O)C2CCOCC2)c2c1C(=O)NCCCOCCC2. The summed E-state index contributed by atoms with van der Waals surface area (Å²) in [5.74, 6) is -0.132. The maximum absolute atomic E-state index is 12.8. The Hall–Kier alpha value is -1.93. The minimum atomic E-state index is -0.129. The van der Waals surface area contributed by atoms with Crippen LogP contribution in [0, 0.1) is 11.8 Å². The van der Waals surface area contributed by atoms with Crippen molar-refractivity contribution in [3.05, 3.63) is 17.0 Å². The summed E-state index contributed by atoms with van der Waals surface area (Å²) in [6, 6.07) is 0. The van der Waals surface area contributed by atoms with Gasteiger partial charge in [0.25, 0.3) is 5.91 Å². The third kappa shape index (κ3) is 6.04. The summed E-state index contributed by atoms with van der Waals surface area (Å²) in [4.78, 5) is 25.1. The molecule has 3 heterocycles. The van der Waals surface area contributed by atoms with Crippen LogP contribution in [0.1, 0.15) is 61.3 Å². The van der Waals surface area contributed by atoms with E-state index in [1.807, 2.05) is 18.5 Å². The molecule has 8 heteroatoms. The van der Waals surface area contributed by atoms with Crippen LogP contribution in [0.15, 0.2) is 0 Å². The molecule has 8 nitrogen and oxygen atoms in total. The highest BCUT2D eigenvalue weighted by Gasteiger charge is 2.25. The largest absolute Gasteiger partial charge is 0.465 e. The molecule has 1 aromatic rings. The number of aryl methyl sites for hydroxylation is 1. The summed E-state index contributed by atoms with van der Waals surface area (Å²) < 4.78 is 18.5. The Kier molecular flexibility index (Phi) is 8.69. The first-order valence-electron chi connectivity index (χ1n) is 11.3. The number of aromatic nitrogens is 2. The van der Waals surface area contributed by atoms with Gasteiger partial charge in [-0.1, -0.05) is 13.8 Å². The molecule has 1 aromatic heterocycles. The Morgan fingerprint density at radius 1 is 1.23 bits per heavy atom. The first-order valence-corrected chi connectivity index (χ1v) is 11.3. The van der Waals surface area contributed by atoms with E-state index in [9.17, 15) is 9.59 Å². The van der Waals surface area contributed by atoms with Gasteiger partial charge in [-0.05, 0) is 38.5 Å². The highest BCUT2D eigenvalue weighted by molar-refractivity contribution is 5.96. The summed E-state index contributed by atoms with van der Waals surface area (Å²) in [7, 11) is 0. The molecule has 3 rings (SSSR count). The summed E-state index contributed by atoms with van der Waals surface area (Å²) in [5, 5.41) is 7.75. The van der Waals surface area contributed by atoms with Gasteiger partial charge in [-0.25, -0.2) is 0 Å². The van der Waals surface area contributed by atoms with Gasteiger partial charge < -0.3 is 19.5 Å². The maximum atomic E-state index is 12.8. The van der Waals surface area contributed by atoms with Gasteiger partial charge in [0, 0.05) is 45.4 Å². The average Bonchev–Trinajstić information content (AvgIpc) is 3.09. The van der Waals surface area contributed by atoms with Crippen LogP contribution in [-0.2, 0) is 38.4 Å². The smallest absolute Gasteiger partial charge is 0.309 e. The lowest BCUT2D eigenvalue weighted by Gasteiger charge is -2.21. The molecule has 0 spiro atoms. The van der Waals surface area contributed by atoms with E-state index in [1.165, 1.54) is 0 Å². The molecule has 0 saturated carbocycles. The number of carbonyl (C=O) groups excluding carboxylic acids is 2. The van der Waals surface area contributed by atoms with Crippen LogP contribution in [0.5, 0.6) is 0 Å². The number of carbonyl (C=O) groups is 2. The molecule has 0 bridgehead atoms. The predicted octanol–water partition coefficient (Wildman–Crippen LogP) is 2.13. The Bertz CT molecular complexity index is 712. The number of fused-ring (bicyclic) bond motifs is 1. The minimum Gasteiger partial charge on any atom is -0.465 e. The second-order valence-corrected chi connectivity index (χ2v) is 8.25. The Labute approximate surface area is 178 Å². The first kappa shape index (κ1) is 22.7. The van der Waals surface area contributed by atoms with Crippen LogP contribution in [0.4, 0.5) is 0 Å². The summed E-state index contributed by atoms with van der Waals surface area (Å²) in [6.07, 6.45) is 4.57. The topological polar surface area (TPSA) is 91.7 Å². The molecular weight excluding hydrogens is 386 g/mol. The van der Waals surface area contributed by atoms with Gasteiger partial charge in [0.15, 0.2) is 0 Å². The van der Waals surface area contributed by atoms with Crippen molar-refractivity contribution in [2.75, 3.05) is 39.6 Å². The van der Waals surface area contributed by atoms with E-state index in [4.69, 9.17) is 19.3 Å². The van der Waals surface area contributed by atoms with E-state index in [-0.39, 0.29) is 23.7 Å². The van der Waals surface area contributed by atoms with Crippen LogP contribution in [-0.4, -0.2) is 61.2 Å². The van der Waals surface area contributed by atoms with Gasteiger partial charge in [-0.2, -0.15) is 5.10 Å². The molecule has 1 N–H and O–H groups in total. The number of esters is 1. The lowest BCUT2D eigenvalue weighted by Crippen LogP contribution is -2.28. The zero-order valence-electron chi connectivity index (χ0n) is 18.3. The number of nitrogens with one attached hydrogen (secondary N) is 1. The van der Waals surface area contributed by atoms with E-state index in [0.29, 0.717) is 58.1 Å². The van der Waals surface area contributed by atoms with E-state index >= 15 is 0 Å². The zero-order valence-corrected chi connectivity index (χ0v) is 18.3. The third-order valence-corrected chi connectivity index (χ3v) is 5.69. The van der Waals surface area contributed by atoms with Crippen molar-refractivity contribution in [2.45, 2.75) is 58.9 Å². The van der Waals surface area contributed by atoms with E-state index in [1.54, 1.807) is 0 Å². The number of ether oxygens (including phenoxy) is 3. The fraction of sp³-hybridized carbons (Fsp3) is 0.773. The van der Waals surface area contributed by atoms with Crippen molar-refractivity contribution in [1.29, 1.82) is 0 Å². The number of rotatable bonds is 6. The summed E-state index contributed by atoms with van der Waals surface area (Å²) in [6.45, 7) is 8.22. The van der Waals surface area contributed by atoms with Crippen molar-refractivity contribution >= 4 is 11.9 Å². The van der Waals surface area contributed by atoms with Crippen LogP contribution < -0.4 is 5.32 Å². The Morgan fingerprint density at radius 2 is 1.97 bits per heavy atom. The quantitative estimate of drug-likeness (QED) is 0.708. The molecule has 1 amide bonds. The molecule has 0 aromatic carbocycles. The monoisotopic (exact) mass is 421 g/mol. The molecule has 2 aliphatic rings. The standard InChI is InChI=1S/C22H35N3O5/c1-3-18-20-19(6-4-10-28-11-5-9-23-21(20)26)25(24-18)14-16(2)15-30-22(27)17-7-12-29-13-8-17/h16-17H,3-15H2,1-2H3,(H,23,26)/t16-/m1/s1. The summed E-state index contributed by atoms with van der Waals surface area (Å²) >= 11 is 0. The fourth-order valence-corrected chi connectivity index (χ4v) is 4.00. The second kappa shape index (κ2) is 11.5. The summed E-state index contributed by atoms with van der Waals surface area (Å²) in [5.41, 5.74) is 2.50. The van der Waals surface area contributed by atoms with Crippen molar-refractivity contribution in [3.8, 4) is 0 Å². The van der Waals surface area contributed by atoms with Gasteiger partial charge in [0.05, 0.1) is 29.5 Å². The van der Waals surface area contributed by atoms with Gasteiger partial charge in [0.2, 0.25) is 0 Å². The number of hydrogen-bond acceptors (Lipinski definition) is 6. The van der Waals surface area contributed by atoms with Gasteiger partial charge in [-0.3, -0.25) is 14.3 Å². The predicted molar refractivity (Wildman–Crippen MR) is 111 cm³/mol.